The summed E-state index contributed by atoms with van der Waals surface area (Å²) < 4.78 is 42.5. The maximum absolute atomic E-state index is 17.3. The molecular weight excluding hydrogens is 995 g/mol. The van der Waals surface area contributed by atoms with Gasteiger partial charge >= 0.3 is 11.7 Å². The Morgan fingerprint density at radius 1 is 0.872 bits per heavy atom. The summed E-state index contributed by atoms with van der Waals surface area (Å²) >= 11 is 0. The SMILES string of the molecule is CCc1c(F)ccc2cc(O)cc(-c3ncc4c(N5CCC[C@@](C)(O)C5)nc(OC[C@@]56CCCN5[C@H](CN5CCC7(CC5)CC(N5CCC(c8ccc9c(c8)n(C)c(=O)n9C8CCC(=O)NC8=O)CC5)C7)CC6)nc4c3F)c12. The van der Waals surface area contributed by atoms with Gasteiger partial charge in [0.25, 0.3) is 0 Å². The van der Waals surface area contributed by atoms with Crippen molar-refractivity contribution in [3.05, 3.63) is 81.9 Å². The topological polar surface area (TPSA) is 174 Å². The smallest absolute Gasteiger partial charge is 0.329 e. The summed E-state index contributed by atoms with van der Waals surface area (Å²) in [7, 11) is 1.76. The first-order chi connectivity index (χ1) is 37.6. The number of phenols is 1. The van der Waals surface area contributed by atoms with Crippen LogP contribution in [-0.2, 0) is 23.1 Å². The third-order valence-corrected chi connectivity index (χ3v) is 19.8. The number of benzene rings is 3. The highest BCUT2D eigenvalue weighted by Crippen LogP contribution is 2.52. The van der Waals surface area contributed by atoms with Gasteiger partial charge in [-0.25, -0.2) is 13.6 Å². The second-order valence-corrected chi connectivity index (χ2v) is 24.6. The van der Waals surface area contributed by atoms with E-state index < -0.39 is 29.2 Å². The van der Waals surface area contributed by atoms with Crippen molar-refractivity contribution in [1.82, 2.24) is 44.1 Å². The Hall–Kier alpha value is -6.08. The Kier molecular flexibility index (Phi) is 12.9. The number of aromatic nitrogens is 5. The molecule has 3 aromatic heterocycles. The van der Waals surface area contributed by atoms with Crippen LogP contribution in [-0.4, -0.2) is 143 Å². The second kappa shape index (κ2) is 19.6. The molecular formula is C60H72F2N10O6. The van der Waals surface area contributed by atoms with E-state index in [1.165, 1.54) is 43.4 Å². The number of halogens is 2. The number of phenolic OH excluding ortho intramolecular Hbond substituents is 1. The van der Waals surface area contributed by atoms with Crippen LogP contribution in [0, 0.1) is 17.0 Å². The van der Waals surface area contributed by atoms with Crippen LogP contribution in [0.4, 0.5) is 14.6 Å². The number of hydrogen-bond acceptors (Lipinski definition) is 13. The lowest BCUT2D eigenvalue weighted by Gasteiger charge is -2.56. The third-order valence-electron chi connectivity index (χ3n) is 19.8. The monoisotopic (exact) mass is 1070 g/mol. The van der Waals surface area contributed by atoms with Crippen LogP contribution in [0.25, 0.3) is 44.0 Å². The Bertz CT molecular complexity index is 3430. The summed E-state index contributed by atoms with van der Waals surface area (Å²) in [5.41, 5.74) is 2.52. The molecule has 412 valence electrons. The number of hydrogen-bond donors (Lipinski definition) is 3. The van der Waals surface area contributed by atoms with Crippen LogP contribution < -0.4 is 20.6 Å². The molecule has 6 saturated heterocycles. The fourth-order valence-corrected chi connectivity index (χ4v) is 15.5. The molecule has 1 unspecified atom stereocenters. The number of aryl methyl sites for hydroxylation is 2. The molecule has 78 heavy (non-hydrogen) atoms. The Morgan fingerprint density at radius 3 is 2.44 bits per heavy atom. The predicted octanol–water partition coefficient (Wildman–Crippen LogP) is 7.87. The van der Waals surface area contributed by atoms with Gasteiger partial charge in [0.1, 0.15) is 41.2 Å². The van der Waals surface area contributed by atoms with Crippen molar-refractivity contribution in [2.75, 3.05) is 63.9 Å². The number of nitrogens with one attached hydrogen (secondary N) is 1. The number of nitrogens with zero attached hydrogens (tertiary/aromatic N) is 9. The number of aliphatic hydroxyl groups is 1. The summed E-state index contributed by atoms with van der Waals surface area (Å²) in [5, 5.41) is 25.9. The lowest BCUT2D eigenvalue weighted by Crippen LogP contribution is -2.57. The zero-order valence-electron chi connectivity index (χ0n) is 45.2. The number of likely N-dealkylation sites (tertiary alicyclic amines) is 2. The van der Waals surface area contributed by atoms with E-state index in [4.69, 9.17) is 14.7 Å². The average Bonchev–Trinajstić information content (AvgIpc) is 4.18. The largest absolute Gasteiger partial charge is 0.508 e. The van der Waals surface area contributed by atoms with Crippen molar-refractivity contribution in [3.8, 4) is 23.0 Å². The molecule has 18 heteroatoms. The maximum Gasteiger partial charge on any atom is 0.329 e. The van der Waals surface area contributed by atoms with Crippen LogP contribution in [0.2, 0.25) is 0 Å². The van der Waals surface area contributed by atoms with Crippen molar-refractivity contribution in [3.63, 3.8) is 0 Å². The number of imidazole rings is 1. The normalized spacial score (nSPS) is 26.6. The quantitative estimate of drug-likeness (QED) is 0.107. The molecule has 3 N–H and O–H groups in total. The van der Waals surface area contributed by atoms with E-state index in [0.29, 0.717) is 89.9 Å². The van der Waals surface area contributed by atoms with E-state index in [2.05, 4.69) is 37.1 Å². The number of carbonyl (C=O) groups is 2. The summed E-state index contributed by atoms with van der Waals surface area (Å²) in [6.45, 7) is 11.4. The van der Waals surface area contributed by atoms with Crippen LogP contribution in [0.15, 0.2) is 53.5 Å². The van der Waals surface area contributed by atoms with Crippen molar-refractivity contribution in [1.29, 1.82) is 0 Å². The van der Waals surface area contributed by atoms with Gasteiger partial charge in [-0.1, -0.05) is 19.1 Å². The van der Waals surface area contributed by atoms with Gasteiger partial charge in [0.15, 0.2) is 5.82 Å². The molecule has 16 nitrogen and oxygen atoms in total. The first kappa shape index (κ1) is 51.4. The van der Waals surface area contributed by atoms with Gasteiger partial charge in [0, 0.05) is 56.9 Å². The molecule has 0 bridgehead atoms. The van der Waals surface area contributed by atoms with Crippen molar-refractivity contribution in [2.45, 2.75) is 145 Å². The van der Waals surface area contributed by atoms with Gasteiger partial charge in [-0.2, -0.15) is 9.97 Å². The van der Waals surface area contributed by atoms with E-state index >= 15 is 8.78 Å². The number of fused-ring (bicyclic) bond motifs is 4. The standard InChI is InChI=1S/C60H72F2N10O6/c1-4-42-45(61)9-7-38-27-41(73)29-43(50(38)42)52-51(62)53-44(32-63-52)54(70-21-5-16-58(2,77)34-70)66-56(65-53)78-35-60-17-6-22-71(60)39(13-18-60)33-68-25-19-59(20-26-68)30-40(31-59)69-23-14-36(15-24-69)37-8-10-46-48(28-37)67(3)57(76)72(46)47-11-12-49(74)64-55(47)75/h7-10,27-29,32,36,39-40,47,73,77H,4-6,11-26,30-31,33-35H2,1-3H3,(H,64,74,75)/t39-,47?,58+,60-/m0/s1. The minimum atomic E-state index is -0.968. The number of imide groups is 1. The molecule has 4 atom stereocenters. The molecule has 2 amide bonds. The van der Waals surface area contributed by atoms with E-state index in [1.807, 2.05) is 24.8 Å². The number of rotatable bonds is 11. The van der Waals surface area contributed by atoms with Crippen LogP contribution in [0.1, 0.15) is 127 Å². The fraction of sp³-hybridized carbons (Fsp3) is 0.567. The van der Waals surface area contributed by atoms with Gasteiger partial charge in [-0.05, 0) is 193 Å². The van der Waals surface area contributed by atoms with Gasteiger partial charge in [0.05, 0.1) is 27.6 Å². The molecule has 3 aromatic carbocycles. The Labute approximate surface area is 452 Å². The molecule has 0 radical (unpaired) electrons. The molecule has 6 aliphatic heterocycles. The number of carbonyl (C=O) groups excluding carboxylic acids is 2. The highest BCUT2D eigenvalue weighted by Gasteiger charge is 2.52. The first-order valence-corrected chi connectivity index (χ1v) is 28.8. The fourth-order valence-electron chi connectivity index (χ4n) is 15.5. The van der Waals surface area contributed by atoms with E-state index in [0.717, 1.165) is 95.2 Å². The van der Waals surface area contributed by atoms with Crippen molar-refractivity contribution < 1.29 is 33.3 Å². The second-order valence-electron chi connectivity index (χ2n) is 24.6. The zero-order chi connectivity index (χ0) is 53.8. The highest BCUT2D eigenvalue weighted by molar-refractivity contribution is 6.02. The Morgan fingerprint density at radius 2 is 1.67 bits per heavy atom. The minimum absolute atomic E-state index is 0.0231. The lowest BCUT2D eigenvalue weighted by atomic mass is 9.59. The van der Waals surface area contributed by atoms with Gasteiger partial charge in [-0.3, -0.25) is 33.9 Å². The molecule has 1 spiro atoms. The number of ether oxygens (including phenoxy) is 1. The molecule has 7 aliphatic rings. The van der Waals surface area contributed by atoms with Crippen LogP contribution >= 0.6 is 0 Å². The zero-order valence-corrected chi connectivity index (χ0v) is 45.2. The number of aromatic hydroxyl groups is 1. The first-order valence-electron chi connectivity index (χ1n) is 28.8. The summed E-state index contributed by atoms with van der Waals surface area (Å²) in [4.78, 5) is 62.4. The molecule has 6 aromatic rings. The minimum Gasteiger partial charge on any atom is -0.508 e. The van der Waals surface area contributed by atoms with E-state index in [1.54, 1.807) is 34.5 Å². The third kappa shape index (κ3) is 8.92. The van der Waals surface area contributed by atoms with Crippen LogP contribution in [0.5, 0.6) is 11.8 Å². The van der Waals surface area contributed by atoms with E-state index in [-0.39, 0.29) is 52.1 Å². The Balaban J connectivity index is 0.648. The molecule has 9 heterocycles. The summed E-state index contributed by atoms with van der Waals surface area (Å²) in [6, 6.07) is 12.6. The maximum atomic E-state index is 17.3. The lowest BCUT2D eigenvalue weighted by molar-refractivity contribution is -0.135. The number of anilines is 1. The number of amides is 2. The van der Waals surface area contributed by atoms with Gasteiger partial charge in [-0.15, -0.1) is 0 Å². The average molecular weight is 1070 g/mol. The summed E-state index contributed by atoms with van der Waals surface area (Å²) in [5.74, 6) is -1.04. The van der Waals surface area contributed by atoms with Crippen LogP contribution in [0.3, 0.4) is 0 Å². The van der Waals surface area contributed by atoms with Gasteiger partial charge < -0.3 is 29.6 Å². The molecule has 7 fully saturated rings. The predicted molar refractivity (Wildman–Crippen MR) is 294 cm³/mol. The number of piperidine rings is 4. The van der Waals surface area contributed by atoms with Crippen molar-refractivity contribution in [2.24, 2.45) is 12.5 Å². The highest BCUT2D eigenvalue weighted by atomic mass is 19.1. The molecule has 13 rings (SSSR count). The van der Waals surface area contributed by atoms with Crippen molar-refractivity contribution >= 4 is 50.3 Å². The number of β-amino-alcohol motifs (C(OH)–C–C–N with tert-alkyl or cyclic N) is 1. The molecule has 1 saturated carbocycles. The summed E-state index contributed by atoms with van der Waals surface area (Å²) in [6.07, 6.45) is 15.1. The van der Waals surface area contributed by atoms with E-state index in [9.17, 15) is 24.6 Å². The van der Waals surface area contributed by atoms with Gasteiger partial charge in [0.2, 0.25) is 11.8 Å². The molecule has 1 aliphatic carbocycles. The number of pyridine rings is 1.